The third-order valence-electron chi connectivity index (χ3n) is 5.14. The highest BCUT2D eigenvalue weighted by Gasteiger charge is 2.43. The van der Waals surface area contributed by atoms with Crippen molar-refractivity contribution in [3.05, 3.63) is 59.0 Å². The third-order valence-corrected chi connectivity index (χ3v) is 5.50. The van der Waals surface area contributed by atoms with Crippen LogP contribution in [0, 0.1) is 11.8 Å². The summed E-state index contributed by atoms with van der Waals surface area (Å²) in [5, 5.41) is 3.77. The van der Waals surface area contributed by atoms with Crippen molar-refractivity contribution in [2.45, 2.75) is 12.6 Å². The van der Waals surface area contributed by atoms with Gasteiger partial charge in [-0.3, -0.25) is 9.69 Å². The van der Waals surface area contributed by atoms with Crippen molar-refractivity contribution in [3.8, 4) is 0 Å². The van der Waals surface area contributed by atoms with Gasteiger partial charge in [-0.15, -0.1) is 0 Å². The molecule has 4 rings (SSSR count). The number of ether oxygens (including phenoxy) is 1. The predicted octanol–water partition coefficient (Wildman–Crippen LogP) is 2.81. The predicted molar refractivity (Wildman–Crippen MR) is 94.5 cm³/mol. The molecule has 0 aliphatic carbocycles. The van der Waals surface area contributed by atoms with Crippen LogP contribution in [-0.2, 0) is 11.3 Å². The van der Waals surface area contributed by atoms with Crippen LogP contribution in [0.3, 0.4) is 0 Å². The molecule has 1 N–H and O–H groups in total. The number of hydrogen-bond donors (Lipinski definition) is 1. The largest absolute Gasteiger partial charge is 0.459 e. The number of carbonyl (C=O) groups excluding carboxylic acids is 1. The minimum Gasteiger partial charge on any atom is -0.459 e. The summed E-state index contributed by atoms with van der Waals surface area (Å²) >= 11 is 6.27. The molecule has 1 aromatic carbocycles. The van der Waals surface area contributed by atoms with Crippen LogP contribution in [0.1, 0.15) is 16.1 Å². The maximum atomic E-state index is 12.0. The number of fused-ring (bicyclic) bond motifs is 1. The Kier molecular flexibility index (Phi) is 4.79. The fraction of sp³-hybridized carbons (Fsp3) is 0.421. The molecule has 1 aromatic heterocycles. The molecule has 2 aliphatic rings. The Morgan fingerprint density at radius 3 is 2.92 bits per heavy atom. The Morgan fingerprint density at radius 2 is 2.12 bits per heavy atom. The fourth-order valence-electron chi connectivity index (χ4n) is 3.81. The zero-order valence-electron chi connectivity index (χ0n) is 13.9. The van der Waals surface area contributed by atoms with Crippen LogP contribution in [0.25, 0.3) is 0 Å². The van der Waals surface area contributed by atoms with E-state index in [9.17, 15) is 4.79 Å². The lowest BCUT2D eigenvalue weighted by Gasteiger charge is -2.20. The van der Waals surface area contributed by atoms with Gasteiger partial charge in [0.05, 0.1) is 19.0 Å². The molecule has 0 saturated carbocycles. The molecule has 3 heterocycles. The molecule has 25 heavy (non-hydrogen) atoms. The number of furan rings is 1. The zero-order valence-corrected chi connectivity index (χ0v) is 14.6. The van der Waals surface area contributed by atoms with Crippen molar-refractivity contribution in [2.24, 2.45) is 11.8 Å². The van der Waals surface area contributed by atoms with E-state index in [0.29, 0.717) is 30.7 Å². The summed E-state index contributed by atoms with van der Waals surface area (Å²) in [6.07, 6.45) is 1.75. The quantitative estimate of drug-likeness (QED) is 0.890. The second-order valence-corrected chi connectivity index (χ2v) is 7.18. The normalized spacial score (nSPS) is 25.9. The topological polar surface area (TPSA) is 54.7 Å². The van der Waals surface area contributed by atoms with Crippen LogP contribution < -0.4 is 5.32 Å². The van der Waals surface area contributed by atoms with E-state index in [-0.39, 0.29) is 12.0 Å². The second-order valence-electron chi connectivity index (χ2n) is 6.77. The number of nitrogens with zero attached hydrogens (tertiary/aromatic N) is 1. The summed E-state index contributed by atoms with van der Waals surface area (Å²) in [6, 6.07) is 11.3. The maximum absolute atomic E-state index is 12.0. The monoisotopic (exact) mass is 360 g/mol. The fourth-order valence-corrected chi connectivity index (χ4v) is 4.00. The average Bonchev–Trinajstić information content (AvgIpc) is 3.32. The highest BCUT2D eigenvalue weighted by Crippen LogP contribution is 2.34. The number of hydrogen-bond acceptors (Lipinski definition) is 4. The summed E-state index contributed by atoms with van der Waals surface area (Å²) in [7, 11) is 0. The van der Waals surface area contributed by atoms with Gasteiger partial charge < -0.3 is 14.5 Å². The molecule has 2 fully saturated rings. The Morgan fingerprint density at radius 1 is 1.24 bits per heavy atom. The van der Waals surface area contributed by atoms with Gasteiger partial charge in [0.15, 0.2) is 5.76 Å². The smallest absolute Gasteiger partial charge is 0.286 e. The molecule has 0 spiro atoms. The summed E-state index contributed by atoms with van der Waals surface area (Å²) in [5.41, 5.74) is 1.15. The van der Waals surface area contributed by atoms with Crippen molar-refractivity contribution in [3.63, 3.8) is 0 Å². The van der Waals surface area contributed by atoms with Gasteiger partial charge in [0, 0.05) is 43.0 Å². The molecule has 5 nitrogen and oxygen atoms in total. The van der Waals surface area contributed by atoms with Crippen molar-refractivity contribution in [1.82, 2.24) is 10.2 Å². The Labute approximate surface area is 151 Å². The summed E-state index contributed by atoms with van der Waals surface area (Å²) in [5.74, 6) is 0.959. The van der Waals surface area contributed by atoms with Crippen LogP contribution in [-0.4, -0.2) is 43.2 Å². The Balaban J connectivity index is 1.32. The molecule has 0 bridgehead atoms. The number of rotatable bonds is 5. The minimum absolute atomic E-state index is 0.167. The lowest BCUT2D eigenvalue weighted by atomic mass is 9.93. The van der Waals surface area contributed by atoms with E-state index in [4.69, 9.17) is 20.8 Å². The van der Waals surface area contributed by atoms with E-state index in [1.165, 1.54) is 6.26 Å². The minimum atomic E-state index is -0.167. The highest BCUT2D eigenvalue weighted by molar-refractivity contribution is 6.31. The third kappa shape index (κ3) is 3.59. The van der Waals surface area contributed by atoms with Crippen molar-refractivity contribution >= 4 is 17.5 Å². The number of carbonyl (C=O) groups is 1. The standard InChI is InChI=1S/C19H21ClN2O3/c20-16-5-2-1-4-13(16)9-22-10-15-14(12-25-18(15)11-22)8-21-19(23)17-6-3-7-24-17/h1-7,14-15,18H,8-12H2,(H,21,23)/t14-,15+,18+/m1/s1. The van der Waals surface area contributed by atoms with E-state index in [2.05, 4.69) is 16.3 Å². The van der Waals surface area contributed by atoms with Crippen LogP contribution in [0.4, 0.5) is 0 Å². The van der Waals surface area contributed by atoms with Crippen LogP contribution in [0.5, 0.6) is 0 Å². The van der Waals surface area contributed by atoms with E-state index in [0.717, 1.165) is 30.2 Å². The molecular formula is C19H21ClN2O3. The van der Waals surface area contributed by atoms with Gasteiger partial charge in [-0.2, -0.15) is 0 Å². The van der Waals surface area contributed by atoms with Gasteiger partial charge in [-0.25, -0.2) is 0 Å². The van der Waals surface area contributed by atoms with Gasteiger partial charge in [0.2, 0.25) is 0 Å². The maximum Gasteiger partial charge on any atom is 0.286 e. The molecule has 3 atom stereocenters. The molecule has 2 aromatic rings. The first-order valence-corrected chi connectivity index (χ1v) is 8.97. The van der Waals surface area contributed by atoms with E-state index in [1.807, 2.05) is 18.2 Å². The first kappa shape index (κ1) is 16.6. The molecule has 0 radical (unpaired) electrons. The van der Waals surface area contributed by atoms with Gasteiger partial charge in [-0.1, -0.05) is 29.8 Å². The zero-order chi connectivity index (χ0) is 17.2. The number of likely N-dealkylation sites (tertiary alicyclic amines) is 1. The number of benzene rings is 1. The van der Waals surface area contributed by atoms with E-state index < -0.39 is 0 Å². The van der Waals surface area contributed by atoms with Crippen LogP contribution >= 0.6 is 11.6 Å². The average molecular weight is 361 g/mol. The molecule has 2 aliphatic heterocycles. The molecule has 2 saturated heterocycles. The molecule has 0 unspecified atom stereocenters. The Bertz CT molecular complexity index is 734. The first-order chi connectivity index (χ1) is 12.2. The van der Waals surface area contributed by atoms with Gasteiger partial charge in [0.1, 0.15) is 0 Å². The van der Waals surface area contributed by atoms with Crippen LogP contribution in [0.2, 0.25) is 5.02 Å². The highest BCUT2D eigenvalue weighted by atomic mass is 35.5. The lowest BCUT2D eigenvalue weighted by Crippen LogP contribution is -2.34. The van der Waals surface area contributed by atoms with E-state index >= 15 is 0 Å². The number of nitrogens with one attached hydrogen (secondary N) is 1. The number of amides is 1. The van der Waals surface area contributed by atoms with Crippen molar-refractivity contribution < 1.29 is 13.9 Å². The van der Waals surface area contributed by atoms with Gasteiger partial charge >= 0.3 is 0 Å². The van der Waals surface area contributed by atoms with E-state index in [1.54, 1.807) is 12.1 Å². The van der Waals surface area contributed by atoms with Gasteiger partial charge in [0.25, 0.3) is 5.91 Å². The summed E-state index contributed by atoms with van der Waals surface area (Å²) in [4.78, 5) is 14.4. The SMILES string of the molecule is O=C(NC[C@@H]1CO[C@H]2CN(Cc3ccccc3Cl)C[C@@H]12)c1ccco1. The second kappa shape index (κ2) is 7.20. The van der Waals surface area contributed by atoms with Crippen LogP contribution in [0.15, 0.2) is 47.1 Å². The summed E-state index contributed by atoms with van der Waals surface area (Å²) < 4.78 is 11.1. The lowest BCUT2D eigenvalue weighted by molar-refractivity contribution is 0.0887. The summed E-state index contributed by atoms with van der Waals surface area (Å²) in [6.45, 7) is 4.03. The molecule has 6 heteroatoms. The van der Waals surface area contributed by atoms with Crippen molar-refractivity contribution in [2.75, 3.05) is 26.2 Å². The first-order valence-electron chi connectivity index (χ1n) is 8.60. The van der Waals surface area contributed by atoms with Crippen molar-refractivity contribution in [1.29, 1.82) is 0 Å². The molecule has 1 amide bonds. The molecule has 132 valence electrons. The molecular weight excluding hydrogens is 340 g/mol. The van der Waals surface area contributed by atoms with Gasteiger partial charge in [-0.05, 0) is 23.8 Å². The number of halogens is 1. The Hall–Kier alpha value is -1.82.